The van der Waals surface area contributed by atoms with Crippen molar-refractivity contribution >= 4 is 38.7 Å². The first-order valence-electron chi connectivity index (χ1n) is 6.06. The van der Waals surface area contributed by atoms with Crippen LogP contribution in [0.4, 0.5) is 0 Å². The van der Waals surface area contributed by atoms with Crippen LogP contribution in [0.1, 0.15) is 13.3 Å². The Hall–Kier alpha value is -0.0305. The van der Waals surface area contributed by atoms with Gasteiger partial charge in [-0.15, -0.1) is 0 Å². The molecule has 19 heavy (non-hydrogen) atoms. The van der Waals surface area contributed by atoms with Gasteiger partial charge in [0.25, 0.3) is 0 Å². The van der Waals surface area contributed by atoms with E-state index in [4.69, 9.17) is 20.2 Å². The fraction of sp³-hybridized carbons (Fsp3) is 0.200. The Kier molecular flexibility index (Phi) is 9.60. The van der Waals surface area contributed by atoms with Gasteiger partial charge >= 0.3 is 33.3 Å². The number of benzene rings is 2. The van der Waals surface area contributed by atoms with Gasteiger partial charge in [-0.3, -0.25) is 0 Å². The normalized spacial score (nSPS) is 10.1. The number of hydrogen-bond donors (Lipinski definition) is 0. The molecule has 0 N–H and O–H groups in total. The van der Waals surface area contributed by atoms with Crippen LogP contribution in [0.2, 0.25) is 0 Å². The van der Waals surface area contributed by atoms with Crippen LogP contribution in [0.15, 0.2) is 60.7 Å². The molecule has 0 atom stereocenters. The third-order valence-corrected chi connectivity index (χ3v) is 5.32. The van der Waals surface area contributed by atoms with Crippen molar-refractivity contribution in [3.63, 3.8) is 0 Å². The van der Waals surface area contributed by atoms with Crippen LogP contribution >= 0.6 is 28.1 Å². The maximum atomic E-state index is 4.76. The van der Waals surface area contributed by atoms with E-state index in [0.29, 0.717) is 0 Å². The Morgan fingerprint density at radius 3 is 1.53 bits per heavy atom. The van der Waals surface area contributed by atoms with E-state index in [-0.39, 0.29) is 21.1 Å². The van der Waals surface area contributed by atoms with Crippen LogP contribution in [-0.4, -0.2) is 6.16 Å². The summed E-state index contributed by atoms with van der Waals surface area (Å²) in [6.07, 6.45) is 2.53. The first-order valence-corrected chi connectivity index (χ1v) is 10.6. The number of rotatable bonds is 4. The average molecular weight is 355 g/mol. The quantitative estimate of drug-likeness (QED) is 0.540. The molecule has 0 spiro atoms. The molecule has 4 heteroatoms. The minimum atomic E-state index is -0.151. The summed E-state index contributed by atoms with van der Waals surface area (Å²) in [5.74, 6) is 0. The van der Waals surface area contributed by atoms with Gasteiger partial charge in [0, 0.05) is 0 Å². The zero-order valence-corrected chi connectivity index (χ0v) is 14.3. The van der Waals surface area contributed by atoms with Crippen LogP contribution in [0.25, 0.3) is 0 Å². The van der Waals surface area contributed by atoms with E-state index in [0.717, 1.165) is 0 Å². The van der Waals surface area contributed by atoms with Crippen molar-refractivity contribution in [2.75, 3.05) is 6.16 Å². The molecule has 2 aromatic carbocycles. The van der Waals surface area contributed by atoms with E-state index in [1.54, 1.807) is 0 Å². The minimum absolute atomic E-state index is 0.151. The van der Waals surface area contributed by atoms with E-state index < -0.39 is 0 Å². The zero-order valence-electron chi connectivity index (χ0n) is 10.7. The van der Waals surface area contributed by atoms with Crippen molar-refractivity contribution in [1.82, 2.24) is 0 Å². The molecule has 0 saturated carbocycles. The van der Waals surface area contributed by atoms with Crippen LogP contribution < -0.4 is 10.6 Å². The van der Waals surface area contributed by atoms with Gasteiger partial charge in [-0.25, -0.2) is 0 Å². The molecule has 104 valence electrons. The molecule has 2 rings (SSSR count). The molecular weight excluding hydrogens is 338 g/mol. The molecule has 0 saturated heterocycles. The molecule has 0 unspecified atom stereocenters. The molecule has 0 nitrogen and oxygen atoms in total. The predicted molar refractivity (Wildman–Crippen MR) is 85.9 cm³/mol. The molecule has 0 amide bonds. The van der Waals surface area contributed by atoms with E-state index in [1.807, 2.05) is 0 Å². The second-order valence-corrected chi connectivity index (χ2v) is 8.03. The summed E-state index contributed by atoms with van der Waals surface area (Å²) in [7, 11) is 9.38. The van der Waals surface area contributed by atoms with Gasteiger partial charge < -0.3 is 0 Å². The number of halogens is 2. The third kappa shape index (κ3) is 6.30. The Balaban J connectivity index is 0.000000550. The molecule has 0 aliphatic rings. The van der Waals surface area contributed by atoms with Crippen molar-refractivity contribution in [2.24, 2.45) is 0 Å². The molecule has 2 aromatic rings. The molecular formula is C15H17Cl2FeP. The number of hydrogen-bond acceptors (Lipinski definition) is 0. The van der Waals surface area contributed by atoms with Crippen molar-refractivity contribution in [2.45, 2.75) is 13.3 Å². The van der Waals surface area contributed by atoms with Crippen molar-refractivity contribution in [3.8, 4) is 0 Å². The molecule has 0 aliphatic carbocycles. The van der Waals surface area contributed by atoms with Crippen molar-refractivity contribution in [3.05, 3.63) is 60.7 Å². The Labute approximate surface area is 131 Å². The topological polar surface area (TPSA) is 0 Å². The summed E-state index contributed by atoms with van der Waals surface area (Å²) in [5, 5.41) is 2.98. The fourth-order valence-electron chi connectivity index (χ4n) is 1.85. The van der Waals surface area contributed by atoms with E-state index in [9.17, 15) is 0 Å². The van der Waals surface area contributed by atoms with Crippen LogP contribution in [0, 0.1) is 0 Å². The van der Waals surface area contributed by atoms with Crippen LogP contribution in [0.5, 0.6) is 0 Å². The third-order valence-electron chi connectivity index (χ3n) is 2.58. The summed E-state index contributed by atoms with van der Waals surface area (Å²) in [6, 6.07) is 21.8. The first-order chi connectivity index (χ1) is 9.33. The van der Waals surface area contributed by atoms with Gasteiger partial charge in [0.2, 0.25) is 0 Å². The molecule has 0 fully saturated rings. The van der Waals surface area contributed by atoms with Gasteiger partial charge in [-0.2, -0.15) is 0 Å². The van der Waals surface area contributed by atoms with Gasteiger partial charge in [0.05, 0.1) is 0 Å². The molecule has 0 bridgehead atoms. The molecule has 0 aromatic heterocycles. The molecule has 0 heterocycles. The van der Waals surface area contributed by atoms with E-state index >= 15 is 0 Å². The summed E-state index contributed by atoms with van der Waals surface area (Å²) < 4.78 is 0. The first kappa shape index (κ1) is 17.0. The summed E-state index contributed by atoms with van der Waals surface area (Å²) in [4.78, 5) is 0. The zero-order chi connectivity index (χ0) is 13.9. The van der Waals surface area contributed by atoms with E-state index in [1.165, 1.54) is 23.2 Å². The summed E-state index contributed by atoms with van der Waals surface area (Å²) >= 11 is 0.194. The van der Waals surface area contributed by atoms with Gasteiger partial charge in [-0.05, 0) is 24.7 Å². The van der Waals surface area contributed by atoms with Gasteiger partial charge in [0.1, 0.15) is 0 Å². The Morgan fingerprint density at radius 2 is 1.21 bits per heavy atom. The maximum absolute atomic E-state index is 4.76. The monoisotopic (exact) mass is 354 g/mol. The second-order valence-electron chi connectivity index (χ2n) is 3.87. The second kappa shape index (κ2) is 10.7. The van der Waals surface area contributed by atoms with Gasteiger partial charge in [-0.1, -0.05) is 74.0 Å². The van der Waals surface area contributed by atoms with Crippen LogP contribution in [-0.2, 0) is 13.1 Å². The Bertz CT molecular complexity index is 397. The fourth-order valence-corrected chi connectivity index (χ4v) is 4.17. The Morgan fingerprint density at radius 1 is 0.842 bits per heavy atom. The SMILES string of the molecule is CCCP(c1ccccc1)c1ccccc1.[Cl][Fe][Cl]. The standard InChI is InChI=1S/C15H17P.2ClH.Fe/c1-2-13-16(14-9-5-3-6-10-14)15-11-7-4-8-12-15;;;/h3-12H,2,13H2,1H3;2*1H;/q;;;+2/p-2. The van der Waals surface area contributed by atoms with Crippen LogP contribution in [0.3, 0.4) is 0 Å². The van der Waals surface area contributed by atoms with Gasteiger partial charge in [0.15, 0.2) is 0 Å². The predicted octanol–water partition coefficient (Wildman–Crippen LogP) is 4.91. The van der Waals surface area contributed by atoms with Crippen molar-refractivity contribution in [1.29, 1.82) is 0 Å². The molecule has 0 radical (unpaired) electrons. The average Bonchev–Trinajstić information content (AvgIpc) is 2.47. The van der Waals surface area contributed by atoms with E-state index in [2.05, 4.69) is 67.6 Å². The summed E-state index contributed by atoms with van der Waals surface area (Å²) in [5.41, 5.74) is 0. The molecule has 0 aliphatic heterocycles. The summed E-state index contributed by atoms with van der Waals surface area (Å²) in [6.45, 7) is 2.27. The van der Waals surface area contributed by atoms with Crippen molar-refractivity contribution < 1.29 is 13.1 Å².